The smallest absolute Gasteiger partial charge is 0.229 e. The second kappa shape index (κ2) is 9.78. The summed E-state index contributed by atoms with van der Waals surface area (Å²) in [5.41, 5.74) is 6.51. The Hall–Kier alpha value is -1.79. The lowest BCUT2D eigenvalue weighted by molar-refractivity contribution is -0.141. The Bertz CT molecular complexity index is 626. The number of hydrogen-bond donors (Lipinski definition) is 2. The number of hydrogen-bond acceptors (Lipinski definition) is 4. The third-order valence-electron chi connectivity index (χ3n) is 5.04. The zero-order valence-corrected chi connectivity index (χ0v) is 15.8. The molecule has 1 aromatic carbocycles. The number of ether oxygens (including phenoxy) is 1. The summed E-state index contributed by atoms with van der Waals surface area (Å²) in [5.74, 6) is 0.841. The predicted molar refractivity (Wildman–Crippen MR) is 102 cm³/mol. The number of nitrogens with one attached hydrogen (secondary N) is 1. The van der Waals surface area contributed by atoms with Crippen molar-refractivity contribution in [3.8, 4) is 5.75 Å². The Morgan fingerprint density at radius 3 is 2.88 bits per heavy atom. The molecule has 6 nitrogen and oxygen atoms in total. The van der Waals surface area contributed by atoms with Gasteiger partial charge in [0.05, 0.1) is 5.92 Å². The zero-order valence-electron chi connectivity index (χ0n) is 15.0. The summed E-state index contributed by atoms with van der Waals surface area (Å²) in [4.78, 5) is 26.7. The third-order valence-corrected chi connectivity index (χ3v) is 5.04. The highest BCUT2D eigenvalue weighted by Crippen LogP contribution is 2.29. The van der Waals surface area contributed by atoms with Crippen molar-refractivity contribution in [3.63, 3.8) is 0 Å². The van der Waals surface area contributed by atoms with Crippen molar-refractivity contribution >= 4 is 24.2 Å². The highest BCUT2D eigenvalue weighted by molar-refractivity contribution is 5.85. The number of halogens is 1. The Balaban J connectivity index is 0.00000243. The van der Waals surface area contributed by atoms with Gasteiger partial charge in [-0.15, -0.1) is 12.4 Å². The van der Waals surface area contributed by atoms with Gasteiger partial charge in [0.1, 0.15) is 12.4 Å². The van der Waals surface area contributed by atoms with Gasteiger partial charge in [-0.2, -0.15) is 0 Å². The Morgan fingerprint density at radius 1 is 1.27 bits per heavy atom. The number of likely N-dealkylation sites (tertiary alicyclic amines) is 1. The van der Waals surface area contributed by atoms with Crippen molar-refractivity contribution in [1.82, 2.24) is 10.2 Å². The highest BCUT2D eigenvalue weighted by Gasteiger charge is 2.34. The van der Waals surface area contributed by atoms with Crippen LogP contribution in [0, 0.1) is 5.92 Å². The third kappa shape index (κ3) is 4.89. The molecule has 0 saturated carbocycles. The molecule has 0 radical (unpaired) electrons. The quantitative estimate of drug-likeness (QED) is 0.809. The monoisotopic (exact) mass is 381 g/mol. The van der Waals surface area contributed by atoms with Gasteiger partial charge in [-0.05, 0) is 37.3 Å². The maximum absolute atomic E-state index is 13.1. The molecular weight excluding hydrogens is 354 g/mol. The minimum absolute atomic E-state index is 0. The standard InChI is InChI=1S/C19H27N3O3.ClH/c20-9-8-18(23)21-12-16-6-3-4-10-22(16)19(24)15-11-14-5-1-2-7-17(14)25-13-15;/h1-2,5,7,15-16H,3-4,6,8-13,20H2,(H,21,23);1H. The van der Waals surface area contributed by atoms with Gasteiger partial charge in [0.2, 0.25) is 11.8 Å². The molecular formula is C19H28ClN3O3. The van der Waals surface area contributed by atoms with E-state index in [1.54, 1.807) is 0 Å². The van der Waals surface area contributed by atoms with E-state index in [1.807, 2.05) is 29.2 Å². The fourth-order valence-electron chi connectivity index (χ4n) is 3.68. The molecule has 0 aliphatic carbocycles. The second-order valence-corrected chi connectivity index (χ2v) is 6.84. The number of carbonyl (C=O) groups excluding carboxylic acids is 2. The van der Waals surface area contributed by atoms with Crippen molar-refractivity contribution in [3.05, 3.63) is 29.8 Å². The molecule has 0 aromatic heterocycles. The summed E-state index contributed by atoms with van der Waals surface area (Å²) >= 11 is 0. The molecule has 1 aromatic rings. The molecule has 0 spiro atoms. The molecule has 2 amide bonds. The Labute approximate surface area is 160 Å². The summed E-state index contributed by atoms with van der Waals surface area (Å²) in [6.07, 6.45) is 4.08. The first kappa shape index (κ1) is 20.5. The van der Waals surface area contributed by atoms with Crippen LogP contribution in [0.2, 0.25) is 0 Å². The normalized spacial score (nSPS) is 21.8. The largest absolute Gasteiger partial charge is 0.492 e. The van der Waals surface area contributed by atoms with Crippen molar-refractivity contribution in [2.75, 3.05) is 26.2 Å². The zero-order chi connectivity index (χ0) is 17.6. The second-order valence-electron chi connectivity index (χ2n) is 6.84. The average Bonchev–Trinajstić information content (AvgIpc) is 2.66. The van der Waals surface area contributed by atoms with Gasteiger partial charge >= 0.3 is 0 Å². The van der Waals surface area contributed by atoms with Crippen LogP contribution < -0.4 is 15.8 Å². The predicted octanol–water partition coefficient (Wildman–Crippen LogP) is 1.51. The van der Waals surface area contributed by atoms with Crippen LogP contribution in [0.3, 0.4) is 0 Å². The number of benzene rings is 1. The Kier molecular flexibility index (Phi) is 7.72. The highest BCUT2D eigenvalue weighted by atomic mass is 35.5. The van der Waals surface area contributed by atoms with E-state index in [0.717, 1.165) is 43.5 Å². The van der Waals surface area contributed by atoms with Gasteiger partial charge in [-0.1, -0.05) is 18.2 Å². The van der Waals surface area contributed by atoms with Crippen molar-refractivity contribution in [2.45, 2.75) is 38.1 Å². The van der Waals surface area contributed by atoms with Crippen LogP contribution in [-0.4, -0.2) is 49.0 Å². The fourth-order valence-corrected chi connectivity index (χ4v) is 3.68. The van der Waals surface area contributed by atoms with Crippen LogP contribution in [0.15, 0.2) is 24.3 Å². The summed E-state index contributed by atoms with van der Waals surface area (Å²) < 4.78 is 5.78. The van der Waals surface area contributed by atoms with E-state index in [-0.39, 0.29) is 36.2 Å². The number of nitrogens with two attached hydrogens (primary N) is 1. The number of carbonyl (C=O) groups is 2. The van der Waals surface area contributed by atoms with E-state index in [0.29, 0.717) is 26.1 Å². The lowest BCUT2D eigenvalue weighted by Crippen LogP contribution is -2.52. The number of nitrogens with zero attached hydrogens (tertiary/aromatic N) is 1. The molecule has 3 N–H and O–H groups in total. The number of piperidine rings is 1. The summed E-state index contributed by atoms with van der Waals surface area (Å²) in [6, 6.07) is 7.97. The lowest BCUT2D eigenvalue weighted by Gasteiger charge is -2.38. The van der Waals surface area contributed by atoms with Crippen molar-refractivity contribution < 1.29 is 14.3 Å². The van der Waals surface area contributed by atoms with E-state index in [2.05, 4.69) is 5.32 Å². The minimum Gasteiger partial charge on any atom is -0.492 e. The molecule has 0 bridgehead atoms. The molecule has 1 saturated heterocycles. The lowest BCUT2D eigenvalue weighted by atomic mass is 9.93. The SMILES string of the molecule is Cl.NCCC(=O)NCC1CCCCN1C(=O)C1COc2ccccc2C1. The van der Waals surface area contributed by atoms with Crippen LogP contribution in [0.25, 0.3) is 0 Å². The molecule has 2 heterocycles. The summed E-state index contributed by atoms with van der Waals surface area (Å²) in [5, 5.41) is 2.91. The van der Waals surface area contributed by atoms with Gasteiger partial charge in [-0.25, -0.2) is 0 Å². The van der Waals surface area contributed by atoms with Crippen molar-refractivity contribution in [2.24, 2.45) is 11.7 Å². The van der Waals surface area contributed by atoms with Crippen LogP contribution in [0.4, 0.5) is 0 Å². The van der Waals surface area contributed by atoms with Gasteiger partial charge in [0, 0.05) is 32.1 Å². The van der Waals surface area contributed by atoms with E-state index in [1.165, 1.54) is 0 Å². The fraction of sp³-hybridized carbons (Fsp3) is 0.579. The van der Waals surface area contributed by atoms with Gasteiger partial charge < -0.3 is 20.7 Å². The van der Waals surface area contributed by atoms with Crippen LogP contribution in [-0.2, 0) is 16.0 Å². The summed E-state index contributed by atoms with van der Waals surface area (Å²) in [6.45, 7) is 2.04. The maximum Gasteiger partial charge on any atom is 0.229 e. The van der Waals surface area contributed by atoms with Crippen LogP contribution >= 0.6 is 12.4 Å². The molecule has 2 atom stereocenters. The Morgan fingerprint density at radius 2 is 2.08 bits per heavy atom. The van der Waals surface area contributed by atoms with Crippen LogP contribution in [0.1, 0.15) is 31.2 Å². The molecule has 2 aliphatic heterocycles. The van der Waals surface area contributed by atoms with Gasteiger partial charge in [0.15, 0.2) is 0 Å². The molecule has 3 rings (SSSR count). The minimum atomic E-state index is -0.143. The van der Waals surface area contributed by atoms with E-state index >= 15 is 0 Å². The number of fused-ring (bicyclic) bond motifs is 1. The van der Waals surface area contributed by atoms with Crippen molar-refractivity contribution in [1.29, 1.82) is 0 Å². The van der Waals surface area contributed by atoms with E-state index in [9.17, 15) is 9.59 Å². The van der Waals surface area contributed by atoms with Crippen LogP contribution in [0.5, 0.6) is 5.75 Å². The van der Waals surface area contributed by atoms with Gasteiger partial charge in [-0.3, -0.25) is 9.59 Å². The molecule has 2 unspecified atom stereocenters. The summed E-state index contributed by atoms with van der Waals surface area (Å²) in [7, 11) is 0. The molecule has 144 valence electrons. The first-order chi connectivity index (χ1) is 12.2. The number of rotatable bonds is 5. The number of para-hydroxylation sites is 1. The topological polar surface area (TPSA) is 84.7 Å². The van der Waals surface area contributed by atoms with E-state index in [4.69, 9.17) is 10.5 Å². The van der Waals surface area contributed by atoms with Gasteiger partial charge in [0.25, 0.3) is 0 Å². The molecule has 26 heavy (non-hydrogen) atoms. The van der Waals surface area contributed by atoms with E-state index < -0.39 is 0 Å². The average molecular weight is 382 g/mol. The molecule has 2 aliphatic rings. The molecule has 7 heteroatoms. The maximum atomic E-state index is 13.1. The first-order valence-electron chi connectivity index (χ1n) is 9.17. The molecule has 1 fully saturated rings. The first-order valence-corrected chi connectivity index (χ1v) is 9.17. The number of amides is 2.